The predicted molar refractivity (Wildman–Crippen MR) is 104 cm³/mol. The maximum Gasteiger partial charge on any atom is 0.275 e. The average molecular weight is 354 g/mol. The van der Waals surface area contributed by atoms with E-state index in [4.69, 9.17) is 9.47 Å². The minimum Gasteiger partial charge on any atom is -0.490 e. The van der Waals surface area contributed by atoms with Crippen molar-refractivity contribution < 1.29 is 14.3 Å². The highest BCUT2D eigenvalue weighted by molar-refractivity contribution is 5.98. The molecule has 1 amide bonds. The molecular formula is C21H26N2O3. The molecule has 0 spiro atoms. The molecule has 0 aliphatic rings. The molecule has 26 heavy (non-hydrogen) atoms. The highest BCUT2D eigenvalue weighted by Gasteiger charge is 2.12. The molecular weight excluding hydrogens is 328 g/mol. The molecule has 0 heterocycles. The summed E-state index contributed by atoms with van der Waals surface area (Å²) >= 11 is 0. The van der Waals surface area contributed by atoms with Gasteiger partial charge in [-0.3, -0.25) is 4.79 Å². The van der Waals surface area contributed by atoms with Crippen LogP contribution in [-0.4, -0.2) is 24.8 Å². The molecule has 138 valence electrons. The number of amides is 1. The van der Waals surface area contributed by atoms with Gasteiger partial charge in [-0.1, -0.05) is 51.1 Å². The molecule has 0 aliphatic heterocycles. The predicted octanol–water partition coefficient (Wildman–Crippen LogP) is 4.30. The summed E-state index contributed by atoms with van der Waals surface area (Å²) in [5.74, 6) is 1.31. The molecule has 0 atom stereocenters. The molecule has 2 aromatic carbocycles. The van der Waals surface area contributed by atoms with Gasteiger partial charge >= 0.3 is 0 Å². The topological polar surface area (TPSA) is 59.9 Å². The number of nitrogens with zero attached hydrogens (tertiary/aromatic N) is 1. The van der Waals surface area contributed by atoms with Gasteiger partial charge < -0.3 is 9.47 Å². The molecule has 0 saturated carbocycles. The van der Waals surface area contributed by atoms with E-state index < -0.39 is 0 Å². The number of hydrogen-bond donors (Lipinski definition) is 1. The third kappa shape index (κ3) is 5.92. The van der Waals surface area contributed by atoms with Crippen LogP contribution in [0.25, 0.3) is 0 Å². The number of benzene rings is 2. The molecule has 0 radical (unpaired) electrons. The summed E-state index contributed by atoms with van der Waals surface area (Å²) in [5, 5.41) is 4.23. The SMILES string of the molecule is CC/C(=N/NC(=O)c1ccccc1OCCOc1ccccc1)C(C)C. The first-order valence-corrected chi connectivity index (χ1v) is 8.88. The molecule has 5 heteroatoms. The Morgan fingerprint density at radius 2 is 1.65 bits per heavy atom. The van der Waals surface area contributed by atoms with E-state index in [0.29, 0.717) is 30.4 Å². The van der Waals surface area contributed by atoms with Crippen LogP contribution in [0.1, 0.15) is 37.6 Å². The van der Waals surface area contributed by atoms with Crippen LogP contribution in [0.4, 0.5) is 0 Å². The van der Waals surface area contributed by atoms with Crippen molar-refractivity contribution in [2.45, 2.75) is 27.2 Å². The highest BCUT2D eigenvalue weighted by Crippen LogP contribution is 2.18. The third-order valence-electron chi connectivity index (χ3n) is 3.81. The fraction of sp³-hybridized carbons (Fsp3) is 0.333. The van der Waals surface area contributed by atoms with Crippen molar-refractivity contribution in [1.29, 1.82) is 0 Å². The fourth-order valence-electron chi connectivity index (χ4n) is 2.41. The minimum absolute atomic E-state index is 0.281. The van der Waals surface area contributed by atoms with E-state index in [-0.39, 0.29) is 5.91 Å². The number of carbonyl (C=O) groups is 1. The summed E-state index contributed by atoms with van der Waals surface area (Å²) in [7, 11) is 0. The molecule has 0 aromatic heterocycles. The van der Waals surface area contributed by atoms with E-state index in [1.165, 1.54) is 0 Å². The van der Waals surface area contributed by atoms with Gasteiger partial charge in [-0.05, 0) is 36.6 Å². The molecule has 0 bridgehead atoms. The van der Waals surface area contributed by atoms with E-state index in [0.717, 1.165) is 17.9 Å². The molecule has 2 rings (SSSR count). The molecule has 0 saturated heterocycles. The number of ether oxygens (including phenoxy) is 2. The Hall–Kier alpha value is -2.82. The van der Waals surface area contributed by atoms with Crippen LogP contribution >= 0.6 is 0 Å². The second-order valence-corrected chi connectivity index (χ2v) is 6.06. The van der Waals surface area contributed by atoms with Gasteiger partial charge in [0.25, 0.3) is 5.91 Å². The van der Waals surface area contributed by atoms with Gasteiger partial charge in [0.2, 0.25) is 0 Å². The van der Waals surface area contributed by atoms with Gasteiger partial charge in [0.15, 0.2) is 0 Å². The normalized spacial score (nSPS) is 11.3. The molecule has 5 nitrogen and oxygen atoms in total. The first kappa shape index (κ1) is 19.5. The van der Waals surface area contributed by atoms with Crippen LogP contribution in [0.2, 0.25) is 0 Å². The monoisotopic (exact) mass is 354 g/mol. The maximum atomic E-state index is 12.4. The van der Waals surface area contributed by atoms with Crippen LogP contribution in [0, 0.1) is 5.92 Å². The number of rotatable bonds is 9. The Bertz CT molecular complexity index is 727. The lowest BCUT2D eigenvalue weighted by atomic mass is 10.1. The number of nitrogens with one attached hydrogen (secondary N) is 1. The van der Waals surface area contributed by atoms with Crippen LogP contribution < -0.4 is 14.9 Å². The molecule has 0 aliphatic carbocycles. The Balaban J connectivity index is 1.93. The van der Waals surface area contributed by atoms with E-state index in [1.807, 2.05) is 43.3 Å². The van der Waals surface area contributed by atoms with Gasteiger partial charge in [-0.2, -0.15) is 5.10 Å². The Kier molecular flexibility index (Phi) is 7.68. The second-order valence-electron chi connectivity index (χ2n) is 6.06. The molecule has 2 aromatic rings. The van der Waals surface area contributed by atoms with Crippen molar-refractivity contribution in [3.05, 3.63) is 60.2 Å². The number of hydrazone groups is 1. The van der Waals surface area contributed by atoms with Crippen molar-refractivity contribution >= 4 is 11.6 Å². The lowest BCUT2D eigenvalue weighted by Crippen LogP contribution is -2.22. The standard InChI is InChI=1S/C21H26N2O3/c1-4-19(16(2)3)22-23-21(24)18-12-8-9-13-20(18)26-15-14-25-17-10-6-5-7-11-17/h5-13,16H,4,14-15H2,1-3H3,(H,23,24)/b22-19-. The molecule has 0 fully saturated rings. The van der Waals surface area contributed by atoms with Crippen molar-refractivity contribution in [2.75, 3.05) is 13.2 Å². The van der Waals surface area contributed by atoms with E-state index in [1.54, 1.807) is 18.2 Å². The van der Waals surface area contributed by atoms with Crippen molar-refractivity contribution in [3.63, 3.8) is 0 Å². The first-order chi connectivity index (χ1) is 12.6. The van der Waals surface area contributed by atoms with Crippen molar-refractivity contribution in [3.8, 4) is 11.5 Å². The highest BCUT2D eigenvalue weighted by atomic mass is 16.5. The summed E-state index contributed by atoms with van der Waals surface area (Å²) in [5.41, 5.74) is 4.03. The van der Waals surface area contributed by atoms with Crippen LogP contribution in [0.3, 0.4) is 0 Å². The Morgan fingerprint density at radius 1 is 1.00 bits per heavy atom. The van der Waals surface area contributed by atoms with Gasteiger partial charge in [0.05, 0.1) is 5.56 Å². The molecule has 0 unspecified atom stereocenters. The van der Waals surface area contributed by atoms with Gasteiger partial charge in [-0.25, -0.2) is 5.43 Å². The van der Waals surface area contributed by atoms with E-state index >= 15 is 0 Å². The summed E-state index contributed by atoms with van der Waals surface area (Å²) in [4.78, 5) is 12.4. The summed E-state index contributed by atoms with van der Waals surface area (Å²) in [6.07, 6.45) is 0.799. The first-order valence-electron chi connectivity index (χ1n) is 8.88. The van der Waals surface area contributed by atoms with Crippen LogP contribution in [0.5, 0.6) is 11.5 Å². The zero-order valence-corrected chi connectivity index (χ0v) is 15.6. The Morgan fingerprint density at radius 3 is 2.35 bits per heavy atom. The maximum absolute atomic E-state index is 12.4. The lowest BCUT2D eigenvalue weighted by molar-refractivity contribution is 0.0949. The van der Waals surface area contributed by atoms with Gasteiger partial charge in [0, 0.05) is 5.71 Å². The van der Waals surface area contributed by atoms with E-state index in [9.17, 15) is 4.79 Å². The smallest absolute Gasteiger partial charge is 0.275 e. The third-order valence-corrected chi connectivity index (χ3v) is 3.81. The van der Waals surface area contributed by atoms with E-state index in [2.05, 4.69) is 24.4 Å². The molecule has 1 N–H and O–H groups in total. The lowest BCUT2D eigenvalue weighted by Gasteiger charge is -2.12. The fourth-order valence-corrected chi connectivity index (χ4v) is 2.41. The Labute approximate surface area is 155 Å². The van der Waals surface area contributed by atoms with Crippen LogP contribution in [0.15, 0.2) is 59.7 Å². The largest absolute Gasteiger partial charge is 0.490 e. The number of carbonyl (C=O) groups excluding carboxylic acids is 1. The number of hydrogen-bond acceptors (Lipinski definition) is 4. The zero-order valence-electron chi connectivity index (χ0n) is 15.6. The van der Waals surface area contributed by atoms with Crippen LogP contribution in [-0.2, 0) is 0 Å². The zero-order chi connectivity index (χ0) is 18.8. The second kappa shape index (κ2) is 10.2. The number of para-hydroxylation sites is 2. The average Bonchev–Trinajstić information content (AvgIpc) is 2.66. The quantitative estimate of drug-likeness (QED) is 0.415. The summed E-state index contributed by atoms with van der Waals surface area (Å²) in [6, 6.07) is 16.7. The van der Waals surface area contributed by atoms with Gasteiger partial charge in [0.1, 0.15) is 24.7 Å². The summed E-state index contributed by atoms with van der Waals surface area (Å²) < 4.78 is 11.3. The van der Waals surface area contributed by atoms with Gasteiger partial charge in [-0.15, -0.1) is 0 Å². The van der Waals surface area contributed by atoms with Crippen molar-refractivity contribution in [2.24, 2.45) is 11.0 Å². The summed E-state index contributed by atoms with van der Waals surface area (Å²) in [6.45, 7) is 6.87. The van der Waals surface area contributed by atoms with Crippen molar-refractivity contribution in [1.82, 2.24) is 5.43 Å². The minimum atomic E-state index is -0.281.